The normalized spacial score (nSPS) is 10.8. The highest BCUT2D eigenvalue weighted by atomic mass is 79.9. The first-order valence-corrected chi connectivity index (χ1v) is 6.93. The maximum Gasteiger partial charge on any atom is 0.269 e. The molecule has 0 aliphatic rings. The first-order chi connectivity index (χ1) is 9.66. The molecule has 2 N–H and O–H groups in total. The Bertz CT molecular complexity index is 842. The molecule has 0 radical (unpaired) electrons. The maximum absolute atomic E-state index is 12.1. The number of hydrogen-bond acceptors (Lipinski definition) is 3. The largest absolute Gasteiger partial charge is 0.398 e. The molecule has 1 heterocycles. The van der Waals surface area contributed by atoms with Crippen LogP contribution < -0.4 is 11.3 Å². The minimum atomic E-state index is -0.127. The van der Waals surface area contributed by atoms with E-state index in [9.17, 15) is 4.79 Å². The van der Waals surface area contributed by atoms with Gasteiger partial charge in [-0.3, -0.25) is 4.79 Å². The zero-order valence-corrected chi connectivity index (χ0v) is 12.2. The van der Waals surface area contributed by atoms with Crippen molar-refractivity contribution in [1.82, 2.24) is 9.55 Å². The number of para-hydroxylation sites is 2. The molecule has 4 nitrogen and oxygen atoms in total. The lowest BCUT2D eigenvalue weighted by Crippen LogP contribution is -2.21. The van der Waals surface area contributed by atoms with E-state index in [1.165, 1.54) is 6.20 Å². The molecule has 100 valence electrons. The van der Waals surface area contributed by atoms with Crippen molar-refractivity contribution in [2.45, 2.75) is 6.54 Å². The summed E-state index contributed by atoms with van der Waals surface area (Å²) in [6.07, 6.45) is 1.35. The van der Waals surface area contributed by atoms with Crippen LogP contribution in [0.3, 0.4) is 0 Å². The summed E-state index contributed by atoms with van der Waals surface area (Å²) < 4.78 is 2.52. The zero-order chi connectivity index (χ0) is 14.1. The predicted molar refractivity (Wildman–Crippen MR) is 83.7 cm³/mol. The van der Waals surface area contributed by atoms with Gasteiger partial charge in [0.05, 0.1) is 23.8 Å². The fourth-order valence-electron chi connectivity index (χ4n) is 2.17. The number of halogens is 1. The fraction of sp³-hybridized carbons (Fsp3) is 0.0667. The van der Waals surface area contributed by atoms with Crippen LogP contribution in [0, 0.1) is 0 Å². The van der Waals surface area contributed by atoms with Crippen LogP contribution in [0.5, 0.6) is 0 Å². The topological polar surface area (TPSA) is 60.9 Å². The zero-order valence-electron chi connectivity index (χ0n) is 10.6. The van der Waals surface area contributed by atoms with E-state index in [0.717, 1.165) is 21.1 Å². The summed E-state index contributed by atoms with van der Waals surface area (Å²) in [4.78, 5) is 16.2. The third kappa shape index (κ3) is 2.20. The molecule has 3 aromatic rings. The van der Waals surface area contributed by atoms with Crippen molar-refractivity contribution < 1.29 is 0 Å². The lowest BCUT2D eigenvalue weighted by atomic mass is 10.2. The number of rotatable bonds is 2. The molecule has 0 saturated heterocycles. The molecule has 20 heavy (non-hydrogen) atoms. The average Bonchev–Trinajstić information content (AvgIpc) is 2.46. The molecule has 0 aliphatic heterocycles. The first kappa shape index (κ1) is 12.9. The van der Waals surface area contributed by atoms with Gasteiger partial charge in [-0.05, 0) is 39.7 Å². The molecular formula is C15H12BrN3O. The van der Waals surface area contributed by atoms with Gasteiger partial charge in [-0.1, -0.05) is 24.3 Å². The molecule has 0 atom stereocenters. The third-order valence-corrected chi connectivity index (χ3v) is 4.16. The highest BCUT2D eigenvalue weighted by Gasteiger charge is 2.08. The van der Waals surface area contributed by atoms with E-state index in [-0.39, 0.29) is 5.56 Å². The van der Waals surface area contributed by atoms with Crippen LogP contribution in [0.25, 0.3) is 11.0 Å². The average molecular weight is 330 g/mol. The lowest BCUT2D eigenvalue weighted by molar-refractivity contribution is 0.784. The Morgan fingerprint density at radius 1 is 1.15 bits per heavy atom. The second kappa shape index (κ2) is 5.09. The van der Waals surface area contributed by atoms with E-state index < -0.39 is 0 Å². The summed E-state index contributed by atoms with van der Waals surface area (Å²) in [5.74, 6) is 0. The summed E-state index contributed by atoms with van der Waals surface area (Å²) in [5.41, 5.74) is 8.99. The van der Waals surface area contributed by atoms with Crippen LogP contribution in [-0.4, -0.2) is 9.55 Å². The molecule has 0 unspecified atom stereocenters. The summed E-state index contributed by atoms with van der Waals surface area (Å²) in [6, 6.07) is 13.2. The summed E-state index contributed by atoms with van der Waals surface area (Å²) in [7, 11) is 0. The van der Waals surface area contributed by atoms with Gasteiger partial charge in [-0.2, -0.15) is 0 Å². The van der Waals surface area contributed by atoms with Gasteiger partial charge >= 0.3 is 0 Å². The minimum Gasteiger partial charge on any atom is -0.398 e. The van der Waals surface area contributed by atoms with Crippen LogP contribution in [0.2, 0.25) is 0 Å². The lowest BCUT2D eigenvalue weighted by Gasteiger charge is -2.11. The van der Waals surface area contributed by atoms with Crippen LogP contribution in [0.4, 0.5) is 5.69 Å². The Balaban J connectivity index is 2.18. The van der Waals surface area contributed by atoms with Crippen molar-refractivity contribution in [3.05, 3.63) is 69.1 Å². The Morgan fingerprint density at radius 3 is 2.80 bits per heavy atom. The monoisotopic (exact) mass is 329 g/mol. The molecule has 0 saturated carbocycles. The smallest absolute Gasteiger partial charge is 0.269 e. The van der Waals surface area contributed by atoms with Gasteiger partial charge in [0.25, 0.3) is 5.56 Å². The Labute approximate surface area is 124 Å². The van der Waals surface area contributed by atoms with Crippen LogP contribution in [-0.2, 0) is 6.54 Å². The quantitative estimate of drug-likeness (QED) is 0.735. The molecule has 3 rings (SSSR count). The second-order valence-electron chi connectivity index (χ2n) is 4.49. The van der Waals surface area contributed by atoms with Gasteiger partial charge in [0, 0.05) is 10.2 Å². The van der Waals surface area contributed by atoms with Crippen LogP contribution >= 0.6 is 15.9 Å². The number of fused-ring (bicyclic) bond motifs is 1. The predicted octanol–water partition coefficient (Wildman–Crippen LogP) is 2.79. The highest BCUT2D eigenvalue weighted by Crippen LogP contribution is 2.24. The Kier molecular flexibility index (Phi) is 3.28. The molecule has 0 bridgehead atoms. The number of nitrogens with two attached hydrogens (primary N) is 1. The van der Waals surface area contributed by atoms with Crippen molar-refractivity contribution in [3.63, 3.8) is 0 Å². The Hall–Kier alpha value is -2.14. The third-order valence-electron chi connectivity index (χ3n) is 3.19. The Morgan fingerprint density at radius 2 is 1.95 bits per heavy atom. The summed E-state index contributed by atoms with van der Waals surface area (Å²) in [5, 5.41) is 0. The van der Waals surface area contributed by atoms with Gasteiger partial charge in [0.2, 0.25) is 0 Å². The molecule has 2 aromatic carbocycles. The molecule has 0 fully saturated rings. The van der Waals surface area contributed by atoms with Gasteiger partial charge in [-0.25, -0.2) is 4.98 Å². The van der Waals surface area contributed by atoms with Crippen molar-refractivity contribution in [1.29, 1.82) is 0 Å². The van der Waals surface area contributed by atoms with E-state index in [4.69, 9.17) is 5.73 Å². The number of nitrogens with zero attached hydrogens (tertiary/aromatic N) is 2. The van der Waals surface area contributed by atoms with Crippen LogP contribution in [0.1, 0.15) is 5.56 Å². The standard InChI is InChI=1S/C15H12BrN3O/c16-15-10(4-3-5-11(15)17)9-19-13-7-2-1-6-12(13)18-8-14(19)20/h1-8H,9,17H2. The fourth-order valence-corrected chi connectivity index (χ4v) is 2.56. The highest BCUT2D eigenvalue weighted by molar-refractivity contribution is 9.10. The molecule has 0 aliphatic carbocycles. The van der Waals surface area contributed by atoms with E-state index in [2.05, 4.69) is 20.9 Å². The van der Waals surface area contributed by atoms with Gasteiger partial charge < -0.3 is 10.3 Å². The minimum absolute atomic E-state index is 0.127. The number of benzene rings is 2. The number of aromatic nitrogens is 2. The molecule has 0 amide bonds. The molecule has 0 spiro atoms. The van der Waals surface area contributed by atoms with Crippen molar-refractivity contribution in [2.24, 2.45) is 0 Å². The number of anilines is 1. The van der Waals surface area contributed by atoms with Crippen molar-refractivity contribution in [2.75, 3.05) is 5.73 Å². The number of nitrogen functional groups attached to an aromatic ring is 1. The second-order valence-corrected chi connectivity index (χ2v) is 5.28. The molecule has 5 heteroatoms. The SMILES string of the molecule is Nc1cccc(Cn2c(=O)cnc3ccccc32)c1Br. The summed E-state index contributed by atoms with van der Waals surface area (Å²) >= 11 is 3.47. The van der Waals surface area contributed by atoms with Crippen LogP contribution in [0.15, 0.2) is 57.9 Å². The van der Waals surface area contributed by atoms with Crippen molar-refractivity contribution in [3.8, 4) is 0 Å². The first-order valence-electron chi connectivity index (χ1n) is 6.14. The van der Waals surface area contributed by atoms with Gasteiger partial charge in [0.1, 0.15) is 0 Å². The maximum atomic E-state index is 12.1. The molecule has 1 aromatic heterocycles. The van der Waals surface area contributed by atoms with E-state index >= 15 is 0 Å². The van der Waals surface area contributed by atoms with Gasteiger partial charge in [-0.15, -0.1) is 0 Å². The molecular weight excluding hydrogens is 318 g/mol. The van der Waals surface area contributed by atoms with Gasteiger partial charge in [0.15, 0.2) is 0 Å². The summed E-state index contributed by atoms with van der Waals surface area (Å²) in [6.45, 7) is 0.452. The van der Waals surface area contributed by atoms with E-state index in [1.54, 1.807) is 4.57 Å². The number of hydrogen-bond donors (Lipinski definition) is 1. The van der Waals surface area contributed by atoms with E-state index in [1.807, 2.05) is 42.5 Å². The van der Waals surface area contributed by atoms with Crippen molar-refractivity contribution >= 4 is 32.7 Å². The van der Waals surface area contributed by atoms with E-state index in [0.29, 0.717) is 12.2 Å².